The van der Waals surface area contributed by atoms with Crippen molar-refractivity contribution < 1.29 is 0 Å². The fraction of sp³-hybridized carbons (Fsp3) is 0. The predicted octanol–water partition coefficient (Wildman–Crippen LogP) is -0.711. The van der Waals surface area contributed by atoms with Gasteiger partial charge in [0.15, 0.2) is 5.52 Å². The lowest BCUT2D eigenvalue weighted by Gasteiger charge is -1.87. The van der Waals surface area contributed by atoms with Gasteiger partial charge in [-0.15, -0.1) is 9.73 Å². The Morgan fingerprint density at radius 1 is 1.58 bits per heavy atom. The van der Waals surface area contributed by atoms with Crippen LogP contribution in [-0.2, 0) is 0 Å². The Balaban J connectivity index is 3.05. The van der Waals surface area contributed by atoms with E-state index in [0.29, 0.717) is 0 Å². The molecule has 2 heterocycles. The average Bonchev–Trinajstić information content (AvgIpc) is 2.49. The summed E-state index contributed by atoms with van der Waals surface area (Å²) in [5, 5.41) is 16.0. The fourth-order valence-electron chi connectivity index (χ4n) is 0.932. The van der Waals surface area contributed by atoms with Crippen LogP contribution in [0.25, 0.3) is 5.52 Å². The zero-order chi connectivity index (χ0) is 8.55. The van der Waals surface area contributed by atoms with Crippen LogP contribution < -0.4 is 5.56 Å². The summed E-state index contributed by atoms with van der Waals surface area (Å²) in [5.74, 6) is 0. The minimum Gasteiger partial charge on any atom is -0.310 e. The number of fused-ring (bicyclic) bond motifs is 1. The minimum absolute atomic E-state index is 0.181. The standard InChI is InChI=1S/C6H3N5O/c7-1-4-2-9-11-5(4)6(12)8-3-10-11/h2-3H,(H,8,10,12). The number of aromatic nitrogens is 4. The number of H-pyrrole nitrogens is 1. The smallest absolute Gasteiger partial charge is 0.278 e. The summed E-state index contributed by atoms with van der Waals surface area (Å²) in [6.07, 6.45) is 2.53. The first kappa shape index (κ1) is 6.54. The van der Waals surface area contributed by atoms with E-state index < -0.39 is 0 Å². The Morgan fingerprint density at radius 2 is 2.42 bits per heavy atom. The van der Waals surface area contributed by atoms with E-state index in [1.807, 2.05) is 6.07 Å². The monoisotopic (exact) mass is 161 g/mol. The second-order valence-electron chi connectivity index (χ2n) is 2.13. The van der Waals surface area contributed by atoms with Crippen molar-refractivity contribution in [3.63, 3.8) is 0 Å². The van der Waals surface area contributed by atoms with Crippen LogP contribution in [0.4, 0.5) is 0 Å². The minimum atomic E-state index is -0.362. The molecule has 2 aromatic rings. The van der Waals surface area contributed by atoms with Crippen LogP contribution in [0.2, 0.25) is 0 Å². The molecule has 0 saturated heterocycles. The van der Waals surface area contributed by atoms with Crippen molar-refractivity contribution in [1.29, 1.82) is 5.26 Å². The second-order valence-corrected chi connectivity index (χ2v) is 2.13. The van der Waals surface area contributed by atoms with Crippen LogP contribution in [0, 0.1) is 11.3 Å². The van der Waals surface area contributed by atoms with Gasteiger partial charge < -0.3 is 4.98 Å². The molecule has 12 heavy (non-hydrogen) atoms. The summed E-state index contributed by atoms with van der Waals surface area (Å²) in [6, 6.07) is 1.85. The topological polar surface area (TPSA) is 86.8 Å². The van der Waals surface area contributed by atoms with Crippen molar-refractivity contribution in [2.45, 2.75) is 0 Å². The van der Waals surface area contributed by atoms with Gasteiger partial charge in [0.2, 0.25) is 0 Å². The molecule has 6 nitrogen and oxygen atoms in total. The maximum Gasteiger partial charge on any atom is 0.278 e. The molecule has 6 heteroatoms. The molecule has 1 N–H and O–H groups in total. The van der Waals surface area contributed by atoms with Gasteiger partial charge in [-0.25, -0.2) is 0 Å². The van der Waals surface area contributed by atoms with Crippen molar-refractivity contribution in [2.75, 3.05) is 0 Å². The molecule has 0 bridgehead atoms. The number of rotatable bonds is 0. The lowest BCUT2D eigenvalue weighted by atomic mass is 10.3. The van der Waals surface area contributed by atoms with Gasteiger partial charge >= 0.3 is 0 Å². The van der Waals surface area contributed by atoms with Crippen LogP contribution in [0.3, 0.4) is 0 Å². The van der Waals surface area contributed by atoms with Crippen LogP contribution in [-0.4, -0.2) is 19.8 Å². The molecule has 0 radical (unpaired) electrons. The third kappa shape index (κ3) is 0.703. The lowest BCUT2D eigenvalue weighted by molar-refractivity contribution is 0.773. The van der Waals surface area contributed by atoms with Crippen molar-refractivity contribution in [3.8, 4) is 6.07 Å². The van der Waals surface area contributed by atoms with Crippen molar-refractivity contribution in [2.24, 2.45) is 0 Å². The molecular formula is C6H3N5O. The van der Waals surface area contributed by atoms with Crippen molar-refractivity contribution in [3.05, 3.63) is 28.4 Å². The van der Waals surface area contributed by atoms with E-state index in [4.69, 9.17) is 5.26 Å². The van der Waals surface area contributed by atoms with Crippen LogP contribution in [0.15, 0.2) is 17.3 Å². The van der Waals surface area contributed by atoms with Gasteiger partial charge in [0.1, 0.15) is 18.0 Å². The molecule has 0 fully saturated rings. The Hall–Kier alpha value is -2.16. The molecule has 58 valence electrons. The molecule has 0 aliphatic rings. The van der Waals surface area contributed by atoms with Gasteiger partial charge in [0, 0.05) is 0 Å². The van der Waals surface area contributed by atoms with Gasteiger partial charge in [-0.05, 0) is 0 Å². The van der Waals surface area contributed by atoms with E-state index in [9.17, 15) is 4.79 Å². The highest BCUT2D eigenvalue weighted by molar-refractivity contribution is 5.56. The van der Waals surface area contributed by atoms with Crippen LogP contribution >= 0.6 is 0 Å². The summed E-state index contributed by atoms with van der Waals surface area (Å²) in [5.41, 5.74) is 0.0448. The first-order valence-electron chi connectivity index (χ1n) is 3.15. The van der Waals surface area contributed by atoms with E-state index in [1.165, 1.54) is 12.5 Å². The van der Waals surface area contributed by atoms with Gasteiger partial charge in [0.25, 0.3) is 5.56 Å². The second kappa shape index (κ2) is 2.17. The molecular weight excluding hydrogens is 158 g/mol. The fourth-order valence-corrected chi connectivity index (χ4v) is 0.932. The molecule has 0 aliphatic carbocycles. The lowest BCUT2D eigenvalue weighted by Crippen LogP contribution is -2.11. The molecule has 0 atom stereocenters. The van der Waals surface area contributed by atoms with E-state index in [1.54, 1.807) is 0 Å². The molecule has 0 saturated carbocycles. The molecule has 2 aromatic heterocycles. The van der Waals surface area contributed by atoms with Crippen molar-refractivity contribution >= 4 is 5.52 Å². The van der Waals surface area contributed by atoms with Gasteiger partial charge in [-0.2, -0.15) is 10.4 Å². The summed E-state index contributed by atoms with van der Waals surface area (Å²) >= 11 is 0. The highest BCUT2D eigenvalue weighted by atomic mass is 16.1. The molecule has 0 amide bonds. The third-order valence-electron chi connectivity index (χ3n) is 1.45. The largest absolute Gasteiger partial charge is 0.310 e. The SMILES string of the molecule is N#Cc1cnn2nc[nH]c(=O)c12. The number of nitrogens with zero attached hydrogens (tertiary/aromatic N) is 4. The Bertz CT molecular complexity index is 516. The van der Waals surface area contributed by atoms with Crippen LogP contribution in [0.5, 0.6) is 0 Å². The zero-order valence-electron chi connectivity index (χ0n) is 5.85. The number of aromatic amines is 1. The summed E-state index contributed by atoms with van der Waals surface area (Å²) in [6.45, 7) is 0. The maximum absolute atomic E-state index is 11.1. The van der Waals surface area contributed by atoms with E-state index in [2.05, 4.69) is 15.2 Å². The highest BCUT2D eigenvalue weighted by Gasteiger charge is 2.06. The predicted molar refractivity (Wildman–Crippen MR) is 38.3 cm³/mol. The van der Waals surface area contributed by atoms with Crippen molar-refractivity contribution in [1.82, 2.24) is 19.8 Å². The number of hydrogen-bond donors (Lipinski definition) is 1. The summed E-state index contributed by atoms with van der Waals surface area (Å²) < 4.78 is 1.12. The number of hydrogen-bond acceptors (Lipinski definition) is 4. The molecule has 2 rings (SSSR count). The zero-order valence-corrected chi connectivity index (χ0v) is 5.85. The molecule has 0 spiro atoms. The molecule has 0 unspecified atom stereocenters. The third-order valence-corrected chi connectivity index (χ3v) is 1.45. The molecule has 0 aliphatic heterocycles. The summed E-state index contributed by atoms with van der Waals surface area (Å²) in [4.78, 5) is 13.5. The maximum atomic E-state index is 11.1. The number of nitrogens with one attached hydrogen (secondary N) is 1. The Kier molecular flexibility index (Phi) is 1.18. The Morgan fingerprint density at radius 3 is 3.17 bits per heavy atom. The average molecular weight is 161 g/mol. The van der Waals surface area contributed by atoms with E-state index in [0.717, 1.165) is 4.63 Å². The van der Waals surface area contributed by atoms with E-state index >= 15 is 0 Å². The first-order chi connectivity index (χ1) is 5.83. The van der Waals surface area contributed by atoms with Crippen LogP contribution in [0.1, 0.15) is 5.56 Å². The summed E-state index contributed by atoms with van der Waals surface area (Å²) in [7, 11) is 0. The van der Waals surface area contributed by atoms with Gasteiger partial charge in [0.05, 0.1) is 6.20 Å². The normalized spacial score (nSPS) is 9.92. The quantitative estimate of drug-likeness (QED) is 0.552. The van der Waals surface area contributed by atoms with E-state index in [-0.39, 0.29) is 16.6 Å². The molecule has 0 aromatic carbocycles. The number of nitriles is 1. The van der Waals surface area contributed by atoms with Gasteiger partial charge in [-0.1, -0.05) is 0 Å². The first-order valence-corrected chi connectivity index (χ1v) is 3.15. The van der Waals surface area contributed by atoms with Gasteiger partial charge in [-0.3, -0.25) is 4.79 Å². The Labute approximate surface area is 66.1 Å². The highest BCUT2D eigenvalue weighted by Crippen LogP contribution is 1.99.